The smallest absolute Gasteiger partial charge is 0.311 e. The van der Waals surface area contributed by atoms with Crippen LogP contribution in [-0.2, 0) is 20.7 Å². The van der Waals surface area contributed by atoms with Crippen molar-refractivity contribution in [3.63, 3.8) is 0 Å². The minimum absolute atomic E-state index is 0.0866. The Kier molecular flexibility index (Phi) is 5.65. The third kappa shape index (κ3) is 5.03. The fourth-order valence-corrected chi connectivity index (χ4v) is 2.60. The fourth-order valence-electron chi connectivity index (χ4n) is 1.91. The van der Waals surface area contributed by atoms with E-state index < -0.39 is 18.0 Å². The first-order valence-corrected chi connectivity index (χ1v) is 7.97. The van der Waals surface area contributed by atoms with Crippen LogP contribution >= 0.6 is 11.3 Å². The van der Waals surface area contributed by atoms with Gasteiger partial charge < -0.3 is 10.1 Å². The summed E-state index contributed by atoms with van der Waals surface area (Å²) in [6.45, 7) is 2.96. The van der Waals surface area contributed by atoms with Crippen molar-refractivity contribution in [3.05, 3.63) is 52.2 Å². The molecule has 1 unspecified atom stereocenters. The number of Topliss-reactive ketones (excluding diaryl/α,β-unsaturated/α-hetero) is 1. The number of rotatable bonds is 6. The predicted molar refractivity (Wildman–Crippen MR) is 88.7 cm³/mol. The zero-order chi connectivity index (χ0) is 16.8. The first kappa shape index (κ1) is 16.9. The molecular formula is C17H17NO4S. The lowest BCUT2D eigenvalue weighted by Gasteiger charge is -2.13. The number of carbonyl (C=O) groups excluding carboxylic acids is 3. The van der Waals surface area contributed by atoms with Gasteiger partial charge in [0.2, 0.25) is 0 Å². The number of carbonyl (C=O) groups is 3. The van der Waals surface area contributed by atoms with Crippen LogP contribution < -0.4 is 5.32 Å². The van der Waals surface area contributed by atoms with E-state index in [2.05, 4.69) is 5.32 Å². The van der Waals surface area contributed by atoms with Crippen molar-refractivity contribution < 1.29 is 19.1 Å². The van der Waals surface area contributed by atoms with Gasteiger partial charge in [-0.1, -0.05) is 18.2 Å². The van der Waals surface area contributed by atoms with Crippen LogP contribution in [-0.4, -0.2) is 23.8 Å². The minimum atomic E-state index is -0.913. The largest absolute Gasteiger partial charge is 0.452 e. The Morgan fingerprint density at radius 3 is 2.65 bits per heavy atom. The number of ether oxygens (including phenoxy) is 1. The number of ketones is 1. The Balaban J connectivity index is 1.90. The van der Waals surface area contributed by atoms with Gasteiger partial charge in [0.15, 0.2) is 11.9 Å². The first-order valence-electron chi connectivity index (χ1n) is 7.09. The number of esters is 1. The quantitative estimate of drug-likeness (QED) is 0.652. The third-order valence-corrected chi connectivity index (χ3v) is 3.99. The van der Waals surface area contributed by atoms with Crippen LogP contribution in [0, 0.1) is 0 Å². The SMILES string of the molecule is CC(=O)c1cccc(NC(=O)C(C)OC(=O)Cc2cccs2)c1. The molecule has 1 aromatic carbocycles. The second-order valence-electron chi connectivity index (χ2n) is 5.01. The molecule has 0 spiro atoms. The monoisotopic (exact) mass is 331 g/mol. The molecular weight excluding hydrogens is 314 g/mol. The number of thiophene rings is 1. The van der Waals surface area contributed by atoms with Crippen molar-refractivity contribution in [2.24, 2.45) is 0 Å². The van der Waals surface area contributed by atoms with Crippen LogP contribution in [0.1, 0.15) is 29.1 Å². The average molecular weight is 331 g/mol. The predicted octanol–water partition coefficient (Wildman–Crippen LogP) is 3.06. The minimum Gasteiger partial charge on any atom is -0.452 e. The number of hydrogen-bond donors (Lipinski definition) is 1. The maximum Gasteiger partial charge on any atom is 0.311 e. The highest BCUT2D eigenvalue weighted by Crippen LogP contribution is 2.13. The van der Waals surface area contributed by atoms with Gasteiger partial charge in [0, 0.05) is 16.1 Å². The second kappa shape index (κ2) is 7.69. The van der Waals surface area contributed by atoms with E-state index in [9.17, 15) is 14.4 Å². The van der Waals surface area contributed by atoms with Gasteiger partial charge in [0.25, 0.3) is 5.91 Å². The molecule has 6 heteroatoms. The summed E-state index contributed by atoms with van der Waals surface area (Å²) in [5.74, 6) is -0.977. The Labute approximate surface area is 138 Å². The van der Waals surface area contributed by atoms with Crippen molar-refractivity contribution >= 4 is 34.7 Å². The molecule has 2 rings (SSSR count). The molecule has 120 valence electrons. The van der Waals surface area contributed by atoms with Gasteiger partial charge in [-0.2, -0.15) is 0 Å². The van der Waals surface area contributed by atoms with Crippen LogP contribution in [0.15, 0.2) is 41.8 Å². The normalized spacial score (nSPS) is 11.6. The summed E-state index contributed by atoms with van der Waals surface area (Å²) in [7, 11) is 0. The average Bonchev–Trinajstić information content (AvgIpc) is 3.00. The molecule has 1 heterocycles. The molecule has 0 aliphatic rings. The van der Waals surface area contributed by atoms with Crippen molar-refractivity contribution in [2.75, 3.05) is 5.32 Å². The maximum absolute atomic E-state index is 12.1. The summed E-state index contributed by atoms with van der Waals surface area (Å²) < 4.78 is 5.12. The van der Waals surface area contributed by atoms with E-state index in [0.29, 0.717) is 11.3 Å². The molecule has 1 N–H and O–H groups in total. The van der Waals surface area contributed by atoms with Gasteiger partial charge in [-0.05, 0) is 37.4 Å². The van der Waals surface area contributed by atoms with Gasteiger partial charge >= 0.3 is 5.97 Å². The van der Waals surface area contributed by atoms with E-state index in [-0.39, 0.29) is 12.2 Å². The topological polar surface area (TPSA) is 72.5 Å². The lowest BCUT2D eigenvalue weighted by molar-refractivity contribution is -0.152. The zero-order valence-corrected chi connectivity index (χ0v) is 13.7. The molecule has 2 aromatic rings. The van der Waals surface area contributed by atoms with Crippen molar-refractivity contribution in [2.45, 2.75) is 26.4 Å². The fraction of sp³-hybridized carbons (Fsp3) is 0.235. The molecule has 0 saturated carbocycles. The molecule has 1 aromatic heterocycles. The maximum atomic E-state index is 12.1. The van der Waals surface area contributed by atoms with Crippen LogP contribution in [0.3, 0.4) is 0 Å². The summed E-state index contributed by atoms with van der Waals surface area (Å²) in [6, 6.07) is 10.3. The van der Waals surface area contributed by atoms with Crippen molar-refractivity contribution in [3.8, 4) is 0 Å². The van der Waals surface area contributed by atoms with Gasteiger partial charge in [-0.15, -0.1) is 11.3 Å². The second-order valence-corrected chi connectivity index (χ2v) is 6.05. The first-order chi connectivity index (χ1) is 11.0. The Morgan fingerprint density at radius 1 is 1.22 bits per heavy atom. The Hall–Kier alpha value is -2.47. The lowest BCUT2D eigenvalue weighted by Crippen LogP contribution is -2.30. The van der Waals surface area contributed by atoms with E-state index in [1.807, 2.05) is 17.5 Å². The van der Waals surface area contributed by atoms with E-state index in [4.69, 9.17) is 4.74 Å². The highest BCUT2D eigenvalue weighted by molar-refractivity contribution is 7.10. The number of hydrogen-bond acceptors (Lipinski definition) is 5. The van der Waals surface area contributed by atoms with Crippen LogP contribution in [0.25, 0.3) is 0 Å². The molecule has 0 radical (unpaired) electrons. The molecule has 23 heavy (non-hydrogen) atoms. The molecule has 0 aliphatic heterocycles. The summed E-state index contributed by atoms with van der Waals surface area (Å²) in [5.41, 5.74) is 0.994. The zero-order valence-electron chi connectivity index (χ0n) is 12.9. The van der Waals surface area contributed by atoms with Gasteiger partial charge in [-0.25, -0.2) is 0 Å². The van der Waals surface area contributed by atoms with Crippen LogP contribution in [0.2, 0.25) is 0 Å². The highest BCUT2D eigenvalue weighted by atomic mass is 32.1. The molecule has 0 fully saturated rings. The molecule has 0 saturated heterocycles. The van der Waals surface area contributed by atoms with E-state index in [0.717, 1.165) is 4.88 Å². The number of anilines is 1. The van der Waals surface area contributed by atoms with Crippen molar-refractivity contribution in [1.29, 1.82) is 0 Å². The molecule has 5 nitrogen and oxygen atoms in total. The lowest BCUT2D eigenvalue weighted by atomic mass is 10.1. The molecule has 0 aliphatic carbocycles. The number of benzene rings is 1. The van der Waals surface area contributed by atoms with Gasteiger partial charge in [0.05, 0.1) is 6.42 Å². The van der Waals surface area contributed by atoms with Crippen LogP contribution in [0.5, 0.6) is 0 Å². The summed E-state index contributed by atoms with van der Waals surface area (Å²) in [4.78, 5) is 36.1. The molecule has 1 atom stereocenters. The van der Waals surface area contributed by atoms with E-state index in [1.54, 1.807) is 24.3 Å². The summed E-state index contributed by atoms with van der Waals surface area (Å²) in [5, 5.41) is 4.51. The Morgan fingerprint density at radius 2 is 2.00 bits per heavy atom. The third-order valence-electron chi connectivity index (χ3n) is 3.11. The standard InChI is InChI=1S/C17H17NO4S/c1-11(19)13-5-3-6-14(9-13)18-17(21)12(2)22-16(20)10-15-7-4-8-23-15/h3-9,12H,10H2,1-2H3,(H,18,21). The van der Waals surface area contributed by atoms with Crippen LogP contribution in [0.4, 0.5) is 5.69 Å². The number of amides is 1. The highest BCUT2D eigenvalue weighted by Gasteiger charge is 2.18. The molecule has 1 amide bonds. The summed E-state index contributed by atoms with van der Waals surface area (Å²) in [6.07, 6.45) is -0.766. The van der Waals surface area contributed by atoms with Gasteiger partial charge in [0.1, 0.15) is 0 Å². The van der Waals surface area contributed by atoms with E-state index >= 15 is 0 Å². The van der Waals surface area contributed by atoms with E-state index in [1.165, 1.54) is 25.2 Å². The van der Waals surface area contributed by atoms with Crippen molar-refractivity contribution in [1.82, 2.24) is 0 Å². The summed E-state index contributed by atoms with van der Waals surface area (Å²) >= 11 is 1.46. The number of nitrogens with one attached hydrogen (secondary N) is 1. The molecule has 0 bridgehead atoms. The van der Waals surface area contributed by atoms with Gasteiger partial charge in [-0.3, -0.25) is 14.4 Å². The Bertz CT molecular complexity index is 709.